The Labute approximate surface area is 148 Å². The minimum absolute atomic E-state index is 0.0444. The van der Waals surface area contributed by atoms with Crippen molar-refractivity contribution in [3.63, 3.8) is 0 Å². The van der Waals surface area contributed by atoms with Crippen LogP contribution in [0.5, 0.6) is 17.2 Å². The second-order valence-corrected chi connectivity index (χ2v) is 6.50. The fraction of sp³-hybridized carbons (Fsp3) is 0.176. The van der Waals surface area contributed by atoms with E-state index in [-0.39, 0.29) is 11.1 Å². The zero-order valence-corrected chi connectivity index (χ0v) is 14.4. The minimum Gasteiger partial charge on any atom is -0.504 e. The third-order valence-corrected chi connectivity index (χ3v) is 5.05. The van der Waals surface area contributed by atoms with Gasteiger partial charge >= 0.3 is 0 Å². The van der Waals surface area contributed by atoms with Gasteiger partial charge in [-0.3, -0.25) is 0 Å². The van der Waals surface area contributed by atoms with Crippen molar-refractivity contribution in [3.8, 4) is 28.6 Å². The third-order valence-electron chi connectivity index (χ3n) is 3.96. The molecule has 2 heterocycles. The molecule has 0 unspecified atom stereocenters. The van der Waals surface area contributed by atoms with Crippen LogP contribution in [-0.2, 0) is 0 Å². The molecule has 0 fully saturated rings. The second-order valence-electron chi connectivity index (χ2n) is 5.43. The third kappa shape index (κ3) is 2.74. The molecule has 1 aromatic heterocycles. The number of hydrogen-bond acceptors (Lipinski definition) is 7. The number of nitrogens with zero attached hydrogens (tertiary/aromatic N) is 3. The molecule has 128 valence electrons. The number of aromatic hydroxyl groups is 1. The highest BCUT2D eigenvalue weighted by Crippen LogP contribution is 2.42. The van der Waals surface area contributed by atoms with Gasteiger partial charge in [-0.25, -0.2) is 4.68 Å². The maximum Gasteiger partial charge on any atom is 0.212 e. The Morgan fingerprint density at radius 2 is 1.88 bits per heavy atom. The van der Waals surface area contributed by atoms with Gasteiger partial charge in [0.15, 0.2) is 17.3 Å². The number of ether oxygens (including phenoxy) is 2. The van der Waals surface area contributed by atoms with Crippen molar-refractivity contribution in [1.29, 1.82) is 0 Å². The molecule has 0 bridgehead atoms. The first-order valence-corrected chi connectivity index (χ1v) is 8.47. The zero-order chi connectivity index (χ0) is 17.4. The molecule has 0 radical (unpaired) electrons. The van der Waals surface area contributed by atoms with Gasteiger partial charge in [0.05, 0.1) is 14.2 Å². The monoisotopic (exact) mass is 356 g/mol. The van der Waals surface area contributed by atoms with Crippen LogP contribution in [-0.4, -0.2) is 34.2 Å². The Hall–Kier alpha value is -2.87. The van der Waals surface area contributed by atoms with E-state index in [1.54, 1.807) is 24.9 Å². The first-order chi connectivity index (χ1) is 12.2. The van der Waals surface area contributed by atoms with Gasteiger partial charge in [0.25, 0.3) is 0 Å². The van der Waals surface area contributed by atoms with Gasteiger partial charge in [-0.15, -0.1) is 10.2 Å². The Bertz CT molecular complexity index is 911. The lowest BCUT2D eigenvalue weighted by atomic mass is 10.2. The predicted molar refractivity (Wildman–Crippen MR) is 94.6 cm³/mol. The summed E-state index contributed by atoms with van der Waals surface area (Å²) in [6.07, 6.45) is 0. The highest BCUT2D eigenvalue weighted by Gasteiger charge is 2.28. The van der Waals surface area contributed by atoms with Crippen LogP contribution in [0.4, 0.5) is 0 Å². The lowest BCUT2D eigenvalue weighted by molar-refractivity contribution is 0.373. The largest absolute Gasteiger partial charge is 0.504 e. The molecule has 0 amide bonds. The van der Waals surface area contributed by atoms with Crippen molar-refractivity contribution < 1.29 is 14.6 Å². The van der Waals surface area contributed by atoms with Crippen LogP contribution in [0.3, 0.4) is 0 Å². The van der Waals surface area contributed by atoms with Crippen LogP contribution in [0.1, 0.15) is 10.9 Å². The van der Waals surface area contributed by atoms with Crippen LogP contribution >= 0.6 is 11.8 Å². The summed E-state index contributed by atoms with van der Waals surface area (Å²) in [7, 11) is 3.17. The topological polar surface area (TPSA) is 81.4 Å². The highest BCUT2D eigenvalue weighted by atomic mass is 32.2. The molecule has 1 aliphatic heterocycles. The molecule has 25 heavy (non-hydrogen) atoms. The second kappa shape index (κ2) is 6.21. The number of phenolic OH excluding ortho intramolecular Hbond substituents is 1. The van der Waals surface area contributed by atoms with E-state index in [0.29, 0.717) is 5.75 Å². The van der Waals surface area contributed by atoms with Gasteiger partial charge in [0.2, 0.25) is 5.16 Å². The van der Waals surface area contributed by atoms with E-state index in [0.717, 1.165) is 27.9 Å². The maximum atomic E-state index is 9.76. The Morgan fingerprint density at radius 3 is 2.60 bits per heavy atom. The molecule has 3 aromatic rings. The number of nitrogens with one attached hydrogen (secondary N) is 1. The zero-order valence-electron chi connectivity index (χ0n) is 13.6. The summed E-state index contributed by atoms with van der Waals surface area (Å²) in [5, 5.41) is 19.0. The smallest absolute Gasteiger partial charge is 0.212 e. The maximum absolute atomic E-state index is 9.76. The molecule has 8 heteroatoms. The predicted octanol–water partition coefficient (Wildman–Crippen LogP) is 3.02. The summed E-state index contributed by atoms with van der Waals surface area (Å²) in [5.41, 5.74) is 5.30. The van der Waals surface area contributed by atoms with Gasteiger partial charge in [0, 0.05) is 5.56 Å². The molecule has 0 saturated carbocycles. The minimum atomic E-state index is -0.0444. The normalized spacial score (nSPS) is 15.5. The quantitative estimate of drug-likeness (QED) is 0.743. The lowest BCUT2D eigenvalue weighted by Crippen LogP contribution is -2.13. The summed E-state index contributed by atoms with van der Waals surface area (Å²) >= 11 is 1.55. The Balaban J connectivity index is 1.62. The molecule has 2 N–H and O–H groups in total. The van der Waals surface area contributed by atoms with E-state index in [1.165, 1.54) is 7.11 Å². The fourth-order valence-electron chi connectivity index (χ4n) is 2.64. The highest BCUT2D eigenvalue weighted by molar-refractivity contribution is 7.99. The van der Waals surface area contributed by atoms with Crippen molar-refractivity contribution in [1.82, 2.24) is 14.9 Å². The molecule has 7 nitrogen and oxygen atoms in total. The van der Waals surface area contributed by atoms with Gasteiger partial charge in [-0.05, 0) is 42.0 Å². The van der Waals surface area contributed by atoms with E-state index in [1.807, 2.05) is 41.1 Å². The summed E-state index contributed by atoms with van der Waals surface area (Å²) in [4.78, 5) is 0. The van der Waals surface area contributed by atoms with Crippen molar-refractivity contribution in [2.45, 2.75) is 10.5 Å². The van der Waals surface area contributed by atoms with Gasteiger partial charge < -0.3 is 20.0 Å². The van der Waals surface area contributed by atoms with Crippen LogP contribution in [0, 0.1) is 0 Å². The van der Waals surface area contributed by atoms with E-state index < -0.39 is 0 Å². The average molecular weight is 356 g/mol. The number of hydrogen-bond donors (Lipinski definition) is 2. The van der Waals surface area contributed by atoms with Gasteiger partial charge in [-0.2, -0.15) is 0 Å². The van der Waals surface area contributed by atoms with E-state index in [9.17, 15) is 5.11 Å². The SMILES string of the molecule is COc1ccc(-c2nnc3n2N[C@H](c2ccc(O)c(OC)c2)S3)cc1. The number of aromatic nitrogens is 3. The summed E-state index contributed by atoms with van der Waals surface area (Å²) in [6.45, 7) is 0. The molecular weight excluding hydrogens is 340 g/mol. The first-order valence-electron chi connectivity index (χ1n) is 7.59. The number of fused-ring (bicyclic) bond motifs is 1. The Kier molecular flexibility index (Phi) is 3.89. The van der Waals surface area contributed by atoms with Crippen LogP contribution in [0.2, 0.25) is 0 Å². The number of thioether (sulfide) groups is 1. The standard InChI is InChI=1S/C17H16N4O3S/c1-23-12-6-3-10(4-7-12)15-18-19-17-21(15)20-16(25-17)11-5-8-13(22)14(9-11)24-2/h3-9,16,20,22H,1-2H3/t16-/m0/s1. The lowest BCUT2D eigenvalue weighted by Gasteiger charge is -2.14. The van der Waals surface area contributed by atoms with Gasteiger partial charge in [-0.1, -0.05) is 17.8 Å². The Morgan fingerprint density at radius 1 is 1.08 bits per heavy atom. The number of rotatable bonds is 4. The number of benzene rings is 2. The van der Waals surface area contributed by atoms with Crippen LogP contribution in [0.15, 0.2) is 47.6 Å². The van der Waals surface area contributed by atoms with Crippen LogP contribution in [0.25, 0.3) is 11.4 Å². The number of phenols is 1. The van der Waals surface area contributed by atoms with Crippen molar-refractivity contribution in [3.05, 3.63) is 48.0 Å². The summed E-state index contributed by atoms with van der Waals surface area (Å²) in [5.74, 6) is 2.09. The summed E-state index contributed by atoms with van der Waals surface area (Å²) < 4.78 is 12.2. The van der Waals surface area contributed by atoms with E-state index in [4.69, 9.17) is 9.47 Å². The molecule has 1 aliphatic rings. The van der Waals surface area contributed by atoms with Crippen LogP contribution < -0.4 is 14.9 Å². The van der Waals surface area contributed by atoms with E-state index >= 15 is 0 Å². The molecular formula is C17H16N4O3S. The molecule has 4 rings (SSSR count). The molecule has 0 saturated heterocycles. The van der Waals surface area contributed by atoms with Gasteiger partial charge in [0.1, 0.15) is 11.1 Å². The molecule has 1 atom stereocenters. The van der Waals surface area contributed by atoms with E-state index in [2.05, 4.69) is 15.6 Å². The molecule has 2 aromatic carbocycles. The molecule has 0 aliphatic carbocycles. The summed E-state index contributed by atoms with van der Waals surface area (Å²) in [6, 6.07) is 13.0. The first kappa shape index (κ1) is 15.6. The number of methoxy groups -OCH3 is 2. The van der Waals surface area contributed by atoms with Crippen molar-refractivity contribution >= 4 is 11.8 Å². The average Bonchev–Trinajstić information content (AvgIpc) is 3.23. The van der Waals surface area contributed by atoms with Crippen molar-refractivity contribution in [2.24, 2.45) is 0 Å². The van der Waals surface area contributed by atoms with Crippen molar-refractivity contribution in [2.75, 3.05) is 19.6 Å². The fourth-order valence-corrected chi connectivity index (χ4v) is 3.62. The molecule has 0 spiro atoms.